The first kappa shape index (κ1) is 14.0. The largest absolute Gasteiger partial charge is 0.497 e. The van der Waals surface area contributed by atoms with Crippen LogP contribution in [0.1, 0.15) is 40.2 Å². The maximum Gasteiger partial charge on any atom is 0.127 e. The maximum atomic E-state index is 6.02. The Morgan fingerprint density at radius 1 is 1.21 bits per heavy atom. The third kappa shape index (κ3) is 2.63. The lowest BCUT2D eigenvalue weighted by Gasteiger charge is -2.30. The third-order valence-electron chi connectivity index (χ3n) is 3.56. The summed E-state index contributed by atoms with van der Waals surface area (Å²) in [5.41, 5.74) is 2.66. The van der Waals surface area contributed by atoms with Gasteiger partial charge < -0.3 is 9.47 Å². The SMILES string of the molecule is COc1cccc(C2=C(C(C)(C)C)C(C)(C)CO2)c1. The van der Waals surface area contributed by atoms with Crippen LogP contribution in [0.25, 0.3) is 5.76 Å². The lowest BCUT2D eigenvalue weighted by atomic mass is 9.71. The van der Waals surface area contributed by atoms with Crippen molar-refractivity contribution in [1.29, 1.82) is 0 Å². The Bertz CT molecular complexity index is 504. The lowest BCUT2D eigenvalue weighted by molar-refractivity contribution is 0.213. The van der Waals surface area contributed by atoms with Crippen LogP contribution in [0.5, 0.6) is 5.75 Å². The Balaban J connectivity index is 2.57. The zero-order chi connectivity index (χ0) is 14.3. The van der Waals surface area contributed by atoms with Gasteiger partial charge in [-0.1, -0.05) is 46.8 Å². The van der Waals surface area contributed by atoms with Crippen molar-refractivity contribution < 1.29 is 9.47 Å². The van der Waals surface area contributed by atoms with E-state index < -0.39 is 0 Å². The van der Waals surface area contributed by atoms with Gasteiger partial charge >= 0.3 is 0 Å². The van der Waals surface area contributed by atoms with Crippen LogP contribution in [-0.4, -0.2) is 13.7 Å². The normalized spacial score (nSPS) is 18.4. The van der Waals surface area contributed by atoms with Crippen molar-refractivity contribution in [1.82, 2.24) is 0 Å². The molecule has 19 heavy (non-hydrogen) atoms. The predicted molar refractivity (Wildman–Crippen MR) is 79.1 cm³/mol. The molecule has 0 aliphatic carbocycles. The highest BCUT2D eigenvalue weighted by Gasteiger charge is 2.41. The van der Waals surface area contributed by atoms with Crippen molar-refractivity contribution in [3.8, 4) is 5.75 Å². The van der Waals surface area contributed by atoms with Gasteiger partial charge in [-0.25, -0.2) is 0 Å². The summed E-state index contributed by atoms with van der Waals surface area (Å²) >= 11 is 0. The summed E-state index contributed by atoms with van der Waals surface area (Å²) in [6, 6.07) is 8.10. The summed E-state index contributed by atoms with van der Waals surface area (Å²) in [5, 5.41) is 0. The standard InChI is InChI=1S/C17H24O2/c1-16(2,3)15-14(19-11-17(15,4)5)12-8-7-9-13(10-12)18-6/h7-10H,11H2,1-6H3. The van der Waals surface area contributed by atoms with E-state index in [-0.39, 0.29) is 10.8 Å². The van der Waals surface area contributed by atoms with Gasteiger partial charge in [0, 0.05) is 11.0 Å². The molecule has 1 aliphatic rings. The second-order valence-electron chi connectivity index (χ2n) is 6.86. The molecular formula is C17H24O2. The first-order chi connectivity index (χ1) is 8.75. The third-order valence-corrected chi connectivity index (χ3v) is 3.56. The minimum Gasteiger partial charge on any atom is -0.497 e. The average molecular weight is 260 g/mol. The van der Waals surface area contributed by atoms with Gasteiger partial charge in [0.1, 0.15) is 11.5 Å². The summed E-state index contributed by atoms with van der Waals surface area (Å²) in [6.45, 7) is 12.0. The molecule has 1 aromatic rings. The Morgan fingerprint density at radius 2 is 1.89 bits per heavy atom. The Labute approximate surface area is 116 Å². The minimum atomic E-state index is 0.0800. The Kier molecular flexibility index (Phi) is 3.38. The number of methoxy groups -OCH3 is 1. The van der Waals surface area contributed by atoms with Crippen molar-refractivity contribution in [2.75, 3.05) is 13.7 Å². The van der Waals surface area contributed by atoms with E-state index in [1.807, 2.05) is 18.2 Å². The van der Waals surface area contributed by atoms with E-state index in [1.165, 1.54) is 5.57 Å². The van der Waals surface area contributed by atoms with E-state index in [9.17, 15) is 0 Å². The van der Waals surface area contributed by atoms with Crippen molar-refractivity contribution in [3.05, 3.63) is 35.4 Å². The first-order valence-corrected chi connectivity index (χ1v) is 6.78. The number of hydrogen-bond acceptors (Lipinski definition) is 2. The zero-order valence-electron chi connectivity index (χ0n) is 12.8. The number of rotatable bonds is 2. The van der Waals surface area contributed by atoms with Gasteiger partial charge in [0.25, 0.3) is 0 Å². The van der Waals surface area contributed by atoms with Crippen molar-refractivity contribution in [2.24, 2.45) is 10.8 Å². The highest BCUT2D eigenvalue weighted by Crippen LogP contribution is 2.49. The highest BCUT2D eigenvalue weighted by atomic mass is 16.5. The minimum absolute atomic E-state index is 0.0800. The lowest BCUT2D eigenvalue weighted by Crippen LogP contribution is -2.24. The van der Waals surface area contributed by atoms with Crippen molar-refractivity contribution >= 4 is 5.76 Å². The van der Waals surface area contributed by atoms with E-state index in [0.29, 0.717) is 0 Å². The molecule has 0 aromatic heterocycles. The Morgan fingerprint density at radius 3 is 2.47 bits per heavy atom. The zero-order valence-corrected chi connectivity index (χ0v) is 12.8. The summed E-state index contributed by atoms with van der Waals surface area (Å²) < 4.78 is 11.3. The molecule has 0 fully saturated rings. The molecule has 0 saturated carbocycles. The fourth-order valence-electron chi connectivity index (χ4n) is 3.05. The molecular weight excluding hydrogens is 236 g/mol. The molecule has 0 amide bonds. The van der Waals surface area contributed by atoms with Crippen molar-refractivity contribution in [2.45, 2.75) is 34.6 Å². The van der Waals surface area contributed by atoms with Crippen molar-refractivity contribution in [3.63, 3.8) is 0 Å². The van der Waals surface area contributed by atoms with Crippen LogP contribution < -0.4 is 4.74 Å². The summed E-state index contributed by atoms with van der Waals surface area (Å²) in [7, 11) is 1.69. The molecule has 0 N–H and O–H groups in total. The monoisotopic (exact) mass is 260 g/mol. The average Bonchev–Trinajstić information content (AvgIpc) is 2.65. The summed E-state index contributed by atoms with van der Waals surface area (Å²) in [6.07, 6.45) is 0. The van der Waals surface area contributed by atoms with Gasteiger partial charge in [-0.15, -0.1) is 0 Å². The molecule has 0 atom stereocenters. The molecule has 1 aromatic carbocycles. The van der Waals surface area contributed by atoms with Crippen LogP contribution >= 0.6 is 0 Å². The van der Waals surface area contributed by atoms with Crippen LogP contribution in [0.4, 0.5) is 0 Å². The van der Waals surface area contributed by atoms with E-state index in [0.717, 1.165) is 23.7 Å². The maximum absolute atomic E-state index is 6.02. The molecule has 0 saturated heterocycles. The number of ether oxygens (including phenoxy) is 2. The quantitative estimate of drug-likeness (QED) is 0.779. The Hall–Kier alpha value is -1.44. The molecule has 1 heterocycles. The van der Waals surface area contributed by atoms with E-state index in [4.69, 9.17) is 9.47 Å². The van der Waals surface area contributed by atoms with E-state index in [2.05, 4.69) is 40.7 Å². The molecule has 2 rings (SSSR count). The van der Waals surface area contributed by atoms with Crippen LogP contribution in [-0.2, 0) is 4.74 Å². The summed E-state index contributed by atoms with van der Waals surface area (Å²) in [4.78, 5) is 0. The van der Waals surface area contributed by atoms with Gasteiger partial charge in [0.2, 0.25) is 0 Å². The van der Waals surface area contributed by atoms with Gasteiger partial charge in [0.15, 0.2) is 0 Å². The van der Waals surface area contributed by atoms with Gasteiger partial charge in [-0.2, -0.15) is 0 Å². The summed E-state index contributed by atoms with van der Waals surface area (Å²) in [5.74, 6) is 1.89. The molecule has 104 valence electrons. The van der Waals surface area contributed by atoms with Gasteiger partial charge in [-0.05, 0) is 23.1 Å². The second-order valence-corrected chi connectivity index (χ2v) is 6.86. The molecule has 0 radical (unpaired) electrons. The predicted octanol–water partition coefficient (Wildman–Crippen LogP) is 4.51. The molecule has 1 aliphatic heterocycles. The number of benzene rings is 1. The molecule has 2 heteroatoms. The highest BCUT2D eigenvalue weighted by molar-refractivity contribution is 5.68. The smallest absolute Gasteiger partial charge is 0.127 e. The van der Waals surface area contributed by atoms with Gasteiger partial charge in [0.05, 0.1) is 13.7 Å². The molecule has 0 spiro atoms. The molecule has 0 unspecified atom stereocenters. The van der Waals surface area contributed by atoms with E-state index >= 15 is 0 Å². The fourth-order valence-corrected chi connectivity index (χ4v) is 3.05. The van der Waals surface area contributed by atoms with Crippen LogP contribution in [0.3, 0.4) is 0 Å². The van der Waals surface area contributed by atoms with E-state index in [1.54, 1.807) is 7.11 Å². The van der Waals surface area contributed by atoms with Gasteiger partial charge in [-0.3, -0.25) is 0 Å². The first-order valence-electron chi connectivity index (χ1n) is 6.78. The fraction of sp³-hybridized carbons (Fsp3) is 0.529. The second kappa shape index (κ2) is 4.59. The molecule has 2 nitrogen and oxygen atoms in total. The number of hydrogen-bond donors (Lipinski definition) is 0. The van der Waals surface area contributed by atoms with Crippen LogP contribution in [0, 0.1) is 10.8 Å². The molecule has 0 bridgehead atoms. The topological polar surface area (TPSA) is 18.5 Å². The van der Waals surface area contributed by atoms with Crippen LogP contribution in [0.15, 0.2) is 29.8 Å². The van der Waals surface area contributed by atoms with Crippen LogP contribution in [0.2, 0.25) is 0 Å².